The Kier molecular flexibility index (Phi) is 9.79. The van der Waals surface area contributed by atoms with Crippen molar-refractivity contribution < 1.29 is 9.09 Å². The Labute approximate surface area is 133 Å². The topological polar surface area (TPSA) is 26.3 Å². The molecule has 0 amide bonds. The molecule has 110 valence electrons. The van der Waals surface area contributed by atoms with Gasteiger partial charge in [-0.15, -0.1) is 0 Å². The van der Waals surface area contributed by atoms with Gasteiger partial charge in [-0.25, -0.2) is 0 Å². The molecule has 0 aromatic carbocycles. The van der Waals surface area contributed by atoms with Crippen LogP contribution in [0.25, 0.3) is 0 Å². The normalized spacial score (nSPS) is 19.3. The van der Waals surface area contributed by atoms with Crippen LogP contribution in [0.4, 0.5) is 0 Å². The number of rotatable bonds is 8. The first-order valence-electron chi connectivity index (χ1n) is 5.80. The van der Waals surface area contributed by atoms with E-state index in [0.29, 0.717) is 0 Å². The fourth-order valence-electron chi connectivity index (χ4n) is 0.828. The molecule has 0 fully saturated rings. The summed E-state index contributed by atoms with van der Waals surface area (Å²) in [6.07, 6.45) is 1.85. The maximum atomic E-state index is 12.7. The second-order valence-electron chi connectivity index (χ2n) is 3.98. The highest BCUT2D eigenvalue weighted by molar-refractivity contribution is 8.89. The van der Waals surface area contributed by atoms with Crippen molar-refractivity contribution in [1.82, 2.24) is 0 Å². The Bertz CT molecular complexity index is 271. The molecule has 0 N–H and O–H groups in total. The third-order valence-electron chi connectivity index (χ3n) is 2.15. The second kappa shape index (κ2) is 8.92. The van der Waals surface area contributed by atoms with Crippen LogP contribution in [0.5, 0.6) is 0 Å². The lowest BCUT2D eigenvalue weighted by Gasteiger charge is -2.24. The summed E-state index contributed by atoms with van der Waals surface area (Å²) in [5, 5.41) is 0.505. The van der Waals surface area contributed by atoms with Gasteiger partial charge in [-0.2, -0.15) is 0 Å². The van der Waals surface area contributed by atoms with E-state index in [1.807, 2.05) is 27.7 Å². The quantitative estimate of drug-likeness (QED) is 0.356. The van der Waals surface area contributed by atoms with Gasteiger partial charge in [0.2, 0.25) is 3.79 Å². The predicted molar refractivity (Wildman–Crippen MR) is 88.5 cm³/mol. The molecule has 0 spiro atoms. The van der Waals surface area contributed by atoms with Crippen molar-refractivity contribution in [3.63, 3.8) is 0 Å². The number of halogens is 3. The third-order valence-corrected chi connectivity index (χ3v) is 10.7. The van der Waals surface area contributed by atoms with Crippen molar-refractivity contribution in [3.05, 3.63) is 0 Å². The van der Waals surface area contributed by atoms with Crippen molar-refractivity contribution in [2.24, 2.45) is 0 Å². The summed E-state index contributed by atoms with van der Waals surface area (Å²) in [6.45, 7) is 7.98. The largest absolute Gasteiger partial charge is 0.313 e. The summed E-state index contributed by atoms with van der Waals surface area (Å²) >= 11 is 19.6. The van der Waals surface area contributed by atoms with E-state index in [1.165, 1.54) is 22.8 Å². The summed E-state index contributed by atoms with van der Waals surface area (Å²) < 4.78 is 16.6. The van der Waals surface area contributed by atoms with Crippen molar-refractivity contribution in [3.8, 4) is 0 Å². The highest BCUT2D eigenvalue weighted by atomic mass is 35.6. The highest BCUT2D eigenvalue weighted by Gasteiger charge is 2.33. The molecule has 0 saturated carbocycles. The fraction of sp³-hybridized carbons (Fsp3) is 1.00. The summed E-state index contributed by atoms with van der Waals surface area (Å²) in [5.74, 6) is -2.88. The van der Waals surface area contributed by atoms with Gasteiger partial charge < -0.3 is 4.52 Å². The first-order chi connectivity index (χ1) is 8.12. The Morgan fingerprint density at radius 2 is 1.50 bits per heavy atom. The zero-order chi connectivity index (χ0) is 14.4. The highest BCUT2D eigenvalue weighted by Crippen LogP contribution is 2.73. The zero-order valence-electron chi connectivity index (χ0n) is 11.0. The molecule has 0 radical (unpaired) electrons. The van der Waals surface area contributed by atoms with E-state index in [9.17, 15) is 4.57 Å². The molecule has 0 aliphatic carbocycles. The Morgan fingerprint density at radius 1 is 1.11 bits per heavy atom. The predicted octanol–water partition coefficient (Wildman–Crippen LogP) is 6.54. The van der Waals surface area contributed by atoms with E-state index in [4.69, 9.17) is 39.3 Å². The Morgan fingerprint density at radius 3 is 1.78 bits per heavy atom. The smallest absolute Gasteiger partial charge is 0.309 e. The molecule has 0 aliphatic heterocycles. The van der Waals surface area contributed by atoms with Gasteiger partial charge in [0, 0.05) is 10.5 Å². The molecule has 0 aromatic heterocycles. The van der Waals surface area contributed by atoms with Crippen LogP contribution in [0.1, 0.15) is 40.5 Å². The maximum Gasteiger partial charge on any atom is 0.313 e. The maximum absolute atomic E-state index is 12.7. The Hall–Kier alpha value is 1.76. The zero-order valence-corrected chi connectivity index (χ0v) is 15.8. The summed E-state index contributed by atoms with van der Waals surface area (Å²) in [6, 6.07) is 0. The molecule has 2 atom stereocenters. The molecule has 18 heavy (non-hydrogen) atoms. The molecule has 0 aliphatic rings. The van der Waals surface area contributed by atoms with Crippen LogP contribution in [0.3, 0.4) is 0 Å². The number of hydrogen-bond donors (Lipinski definition) is 0. The van der Waals surface area contributed by atoms with E-state index in [2.05, 4.69) is 0 Å². The molecule has 0 aromatic rings. The minimum atomic E-state index is -2.88. The third kappa shape index (κ3) is 9.63. The van der Waals surface area contributed by atoms with Crippen LogP contribution in [0, 0.1) is 0 Å². The van der Waals surface area contributed by atoms with Crippen LogP contribution in [-0.4, -0.2) is 20.9 Å². The first kappa shape index (κ1) is 19.8. The van der Waals surface area contributed by atoms with Gasteiger partial charge in [0.05, 0.1) is 0 Å². The van der Waals surface area contributed by atoms with Crippen LogP contribution in [0.2, 0.25) is 0 Å². The monoisotopic (exact) mass is 372 g/mol. The molecule has 0 rings (SSSR count). The number of alkyl halides is 3. The second-order valence-corrected chi connectivity index (χ2v) is 14.5. The molecule has 0 heterocycles. The van der Waals surface area contributed by atoms with Crippen molar-refractivity contribution in [2.45, 2.75) is 54.8 Å². The van der Waals surface area contributed by atoms with Crippen molar-refractivity contribution >= 4 is 63.3 Å². The van der Waals surface area contributed by atoms with Crippen LogP contribution >= 0.6 is 63.3 Å². The van der Waals surface area contributed by atoms with Crippen molar-refractivity contribution in [2.75, 3.05) is 6.61 Å². The molecule has 2 unspecified atom stereocenters. The molecular weight excluding hydrogens is 354 g/mol. The number of hydrogen-bond acceptors (Lipinski definition) is 4. The molecule has 0 bridgehead atoms. The minimum absolute atomic E-state index is 0.151. The minimum Gasteiger partial charge on any atom is -0.309 e. The van der Waals surface area contributed by atoms with Gasteiger partial charge in [0.15, 0.2) is 0 Å². The van der Waals surface area contributed by atoms with Crippen LogP contribution in [0.15, 0.2) is 0 Å². The van der Waals surface area contributed by atoms with Gasteiger partial charge >= 0.3 is 5.77 Å². The van der Waals surface area contributed by atoms with E-state index in [-0.39, 0.29) is 17.1 Å². The van der Waals surface area contributed by atoms with E-state index < -0.39 is 9.57 Å². The summed E-state index contributed by atoms with van der Waals surface area (Å²) in [4.78, 5) is 0. The van der Waals surface area contributed by atoms with Gasteiger partial charge in [-0.1, -0.05) is 85.3 Å². The van der Waals surface area contributed by atoms with Gasteiger partial charge in [-0.3, -0.25) is 4.57 Å². The van der Waals surface area contributed by atoms with Crippen molar-refractivity contribution in [1.29, 1.82) is 0 Å². The van der Waals surface area contributed by atoms with E-state index in [1.54, 1.807) is 0 Å². The van der Waals surface area contributed by atoms with Crippen LogP contribution in [-0.2, 0) is 9.09 Å². The average molecular weight is 374 g/mol. The molecule has 2 nitrogen and oxygen atoms in total. The SMILES string of the molecule is CCC(C)SP(=O)(OCC(Cl)(Cl)Cl)SC(C)CC. The first-order valence-corrected chi connectivity index (χ1v) is 11.5. The summed E-state index contributed by atoms with van der Waals surface area (Å²) in [7, 11) is 0. The van der Waals surface area contributed by atoms with Gasteiger partial charge in [-0.05, 0) is 12.8 Å². The average Bonchev–Trinajstić information content (AvgIpc) is 2.25. The molecule has 8 heteroatoms. The lowest BCUT2D eigenvalue weighted by Crippen LogP contribution is -2.11. The lowest BCUT2D eigenvalue weighted by atomic mass is 10.4. The lowest BCUT2D eigenvalue weighted by molar-refractivity contribution is 0.343. The Balaban J connectivity index is 4.64. The molecular formula is C10H20Cl3O2PS2. The molecule has 0 saturated heterocycles. The van der Waals surface area contributed by atoms with E-state index >= 15 is 0 Å². The summed E-state index contributed by atoms with van der Waals surface area (Å²) in [5.41, 5.74) is 0. The van der Waals surface area contributed by atoms with Crippen LogP contribution < -0.4 is 0 Å². The van der Waals surface area contributed by atoms with Gasteiger partial charge in [0.25, 0.3) is 0 Å². The van der Waals surface area contributed by atoms with Gasteiger partial charge in [0.1, 0.15) is 6.61 Å². The van der Waals surface area contributed by atoms with E-state index in [0.717, 1.165) is 12.8 Å². The standard InChI is InChI=1S/C10H20Cl3O2PS2/c1-5-8(3)17-16(14,18-9(4)6-2)15-7-10(11,12)13/h8-9H,5-7H2,1-4H3. The fourth-order valence-corrected chi connectivity index (χ4v) is 10.4.